The van der Waals surface area contributed by atoms with E-state index in [1.165, 1.54) is 58.9 Å². The van der Waals surface area contributed by atoms with Crippen LogP contribution in [0.4, 0.5) is 18.9 Å². The average Bonchev–Trinajstić information content (AvgIpc) is 3.63. The van der Waals surface area contributed by atoms with Crippen LogP contribution >= 0.6 is 11.8 Å². The lowest BCUT2D eigenvalue weighted by Crippen LogP contribution is -2.32. The van der Waals surface area contributed by atoms with Crippen molar-refractivity contribution >= 4 is 40.3 Å². The molecule has 14 heteroatoms. The number of benzene rings is 3. The molecular formula is C33H31F3N6O4S. The molecule has 2 heterocycles. The normalized spacial score (nSPS) is 14.9. The van der Waals surface area contributed by atoms with E-state index in [1.54, 1.807) is 24.3 Å². The van der Waals surface area contributed by atoms with Crippen LogP contribution in [0, 0.1) is 6.92 Å². The van der Waals surface area contributed by atoms with Crippen LogP contribution in [0.25, 0.3) is 17.1 Å². The SMILES string of the molecule is CC(=O)NC(CC(=O)N=C1SCC(=O)N1c1ccc(C)cc1C(C)C)c1ccc(-c2ncn(-c3ccc(OC(F)(F)F)cc3)n2)cc1. The van der Waals surface area contributed by atoms with E-state index in [2.05, 4.69) is 25.1 Å². The number of nitrogens with zero attached hydrogens (tertiary/aromatic N) is 5. The van der Waals surface area contributed by atoms with Gasteiger partial charge in [0, 0.05) is 12.5 Å². The maximum Gasteiger partial charge on any atom is 0.573 e. The van der Waals surface area contributed by atoms with Gasteiger partial charge in [0.15, 0.2) is 11.0 Å². The molecule has 0 radical (unpaired) electrons. The highest BCUT2D eigenvalue weighted by atomic mass is 32.2. The third-order valence-electron chi connectivity index (χ3n) is 7.19. The van der Waals surface area contributed by atoms with Gasteiger partial charge in [0.05, 0.1) is 29.6 Å². The number of anilines is 1. The van der Waals surface area contributed by atoms with Gasteiger partial charge in [-0.1, -0.05) is 67.6 Å². The molecule has 4 aromatic rings. The number of nitrogens with one attached hydrogen (secondary N) is 1. The zero-order valence-electron chi connectivity index (χ0n) is 25.9. The first-order chi connectivity index (χ1) is 22.3. The molecule has 0 spiro atoms. The van der Waals surface area contributed by atoms with E-state index in [0.717, 1.165) is 11.1 Å². The predicted octanol–water partition coefficient (Wildman–Crippen LogP) is 6.49. The molecule has 3 aromatic carbocycles. The standard InChI is InChI=1S/C33H31F3N6O4S/c1-19(2)26-15-20(3)5-14-28(26)42-30(45)17-47-32(42)39-29(44)16-27(38-21(4)43)22-6-8-23(9-7-22)31-37-18-41(40-31)24-10-12-25(13-11-24)46-33(34,35)36/h5-15,18-19,27H,16-17H2,1-4H3,(H,38,43). The van der Waals surface area contributed by atoms with Crippen molar-refractivity contribution in [1.82, 2.24) is 20.1 Å². The molecule has 5 rings (SSSR count). The van der Waals surface area contributed by atoms with Crippen molar-refractivity contribution in [2.24, 2.45) is 4.99 Å². The van der Waals surface area contributed by atoms with E-state index in [1.807, 2.05) is 39.0 Å². The number of carbonyl (C=O) groups excluding carboxylic acids is 3. The summed E-state index contributed by atoms with van der Waals surface area (Å²) in [4.78, 5) is 48.3. The van der Waals surface area contributed by atoms with Gasteiger partial charge in [-0.25, -0.2) is 9.67 Å². The number of rotatable bonds is 9. The van der Waals surface area contributed by atoms with Gasteiger partial charge in [-0.05, 0) is 54.3 Å². The second-order valence-electron chi connectivity index (χ2n) is 11.2. The molecule has 1 fully saturated rings. The third-order valence-corrected chi connectivity index (χ3v) is 8.11. The van der Waals surface area contributed by atoms with E-state index in [9.17, 15) is 27.6 Å². The number of halogens is 3. The fourth-order valence-corrected chi connectivity index (χ4v) is 5.91. The lowest BCUT2D eigenvalue weighted by atomic mass is 9.98. The van der Waals surface area contributed by atoms with Gasteiger partial charge < -0.3 is 10.1 Å². The first-order valence-electron chi connectivity index (χ1n) is 14.6. The Morgan fingerprint density at radius 1 is 1.06 bits per heavy atom. The topological polar surface area (TPSA) is 119 Å². The minimum atomic E-state index is -4.79. The minimum Gasteiger partial charge on any atom is -0.406 e. The quantitative estimate of drug-likeness (QED) is 0.217. The van der Waals surface area contributed by atoms with Crippen LogP contribution in [0.5, 0.6) is 5.75 Å². The number of thioether (sulfide) groups is 1. The molecular weight excluding hydrogens is 633 g/mol. The number of alkyl halides is 3. The second kappa shape index (κ2) is 13.8. The van der Waals surface area contributed by atoms with Gasteiger partial charge in [-0.2, -0.15) is 4.99 Å². The molecule has 1 atom stereocenters. The summed E-state index contributed by atoms with van der Waals surface area (Å²) in [6, 6.07) is 17.3. The largest absolute Gasteiger partial charge is 0.573 e. The van der Waals surface area contributed by atoms with E-state index in [-0.39, 0.29) is 35.7 Å². The Labute approximate surface area is 273 Å². The van der Waals surface area contributed by atoms with Gasteiger partial charge in [-0.3, -0.25) is 19.3 Å². The summed E-state index contributed by atoms with van der Waals surface area (Å²) in [5.74, 6) is -0.689. The summed E-state index contributed by atoms with van der Waals surface area (Å²) < 4.78 is 42.7. The van der Waals surface area contributed by atoms with Gasteiger partial charge in [0.2, 0.25) is 11.8 Å². The van der Waals surface area contributed by atoms with E-state index < -0.39 is 18.3 Å². The molecule has 1 N–H and O–H groups in total. The van der Waals surface area contributed by atoms with Crippen LogP contribution in [-0.2, 0) is 14.4 Å². The molecule has 47 heavy (non-hydrogen) atoms. The van der Waals surface area contributed by atoms with Crippen molar-refractivity contribution in [3.63, 3.8) is 0 Å². The number of carbonyl (C=O) groups is 3. The highest BCUT2D eigenvalue weighted by Crippen LogP contribution is 2.34. The van der Waals surface area contributed by atoms with Crippen LogP contribution in [0.2, 0.25) is 0 Å². The second-order valence-corrected chi connectivity index (χ2v) is 12.1. The fraction of sp³-hybridized carbons (Fsp3) is 0.273. The Morgan fingerprint density at radius 3 is 2.40 bits per heavy atom. The zero-order chi connectivity index (χ0) is 33.9. The van der Waals surface area contributed by atoms with Crippen molar-refractivity contribution in [1.29, 1.82) is 0 Å². The predicted molar refractivity (Wildman–Crippen MR) is 172 cm³/mol. The zero-order valence-corrected chi connectivity index (χ0v) is 26.7. The lowest BCUT2D eigenvalue weighted by molar-refractivity contribution is -0.274. The molecule has 0 aliphatic carbocycles. The molecule has 1 saturated heterocycles. The molecule has 1 aliphatic rings. The molecule has 0 saturated carbocycles. The summed E-state index contributed by atoms with van der Waals surface area (Å²) in [7, 11) is 0. The van der Waals surface area contributed by atoms with Crippen molar-refractivity contribution in [3.05, 3.63) is 89.7 Å². The molecule has 10 nitrogen and oxygen atoms in total. The van der Waals surface area contributed by atoms with Crippen LogP contribution in [0.3, 0.4) is 0 Å². The Hall–Kier alpha value is -4.98. The number of amides is 3. The number of aromatic nitrogens is 3. The minimum absolute atomic E-state index is 0.142. The van der Waals surface area contributed by atoms with Crippen LogP contribution in [0.1, 0.15) is 55.8 Å². The van der Waals surface area contributed by atoms with Crippen molar-refractivity contribution in [2.75, 3.05) is 10.7 Å². The molecule has 1 unspecified atom stereocenters. The third kappa shape index (κ3) is 8.25. The molecule has 1 aliphatic heterocycles. The molecule has 3 amide bonds. The summed E-state index contributed by atoms with van der Waals surface area (Å²) in [5.41, 5.74) is 4.49. The number of hydrogen-bond acceptors (Lipinski definition) is 7. The van der Waals surface area contributed by atoms with Crippen LogP contribution in [0.15, 0.2) is 78.0 Å². The molecule has 1 aromatic heterocycles. The van der Waals surface area contributed by atoms with E-state index in [4.69, 9.17) is 0 Å². The highest BCUT2D eigenvalue weighted by Gasteiger charge is 2.33. The molecule has 244 valence electrons. The maximum absolute atomic E-state index is 13.3. The summed E-state index contributed by atoms with van der Waals surface area (Å²) in [6.45, 7) is 7.42. The monoisotopic (exact) mass is 664 g/mol. The summed E-state index contributed by atoms with van der Waals surface area (Å²) >= 11 is 1.20. The van der Waals surface area contributed by atoms with Gasteiger partial charge in [0.25, 0.3) is 5.91 Å². The van der Waals surface area contributed by atoms with Gasteiger partial charge in [-0.15, -0.1) is 18.3 Å². The number of aliphatic imine (C=N–C) groups is 1. The Balaban J connectivity index is 1.32. The smallest absolute Gasteiger partial charge is 0.406 e. The highest BCUT2D eigenvalue weighted by molar-refractivity contribution is 8.15. The number of aryl methyl sites for hydroxylation is 1. The number of ether oxygens (including phenoxy) is 1. The van der Waals surface area contributed by atoms with Crippen LogP contribution < -0.4 is 15.0 Å². The number of amidine groups is 1. The van der Waals surface area contributed by atoms with Crippen molar-refractivity contribution in [2.45, 2.75) is 52.4 Å². The van der Waals surface area contributed by atoms with Crippen molar-refractivity contribution in [3.8, 4) is 22.8 Å². The Kier molecular flexibility index (Phi) is 9.80. The first kappa shape index (κ1) is 33.4. The first-order valence-corrected chi connectivity index (χ1v) is 15.6. The lowest BCUT2D eigenvalue weighted by Gasteiger charge is -2.22. The Bertz CT molecular complexity index is 1820. The van der Waals surface area contributed by atoms with Gasteiger partial charge >= 0.3 is 6.36 Å². The Morgan fingerprint density at radius 2 is 1.77 bits per heavy atom. The number of hydrogen-bond donors (Lipinski definition) is 1. The van der Waals surface area contributed by atoms with Crippen LogP contribution in [-0.4, -0.2) is 49.8 Å². The average molecular weight is 665 g/mol. The van der Waals surface area contributed by atoms with Crippen molar-refractivity contribution < 1.29 is 32.3 Å². The van der Waals surface area contributed by atoms with E-state index in [0.29, 0.717) is 33.5 Å². The summed E-state index contributed by atoms with van der Waals surface area (Å²) in [6.07, 6.45) is -3.50. The summed E-state index contributed by atoms with van der Waals surface area (Å²) in [5, 5.41) is 7.51. The maximum atomic E-state index is 13.3. The van der Waals surface area contributed by atoms with Gasteiger partial charge in [0.1, 0.15) is 12.1 Å². The fourth-order valence-electron chi connectivity index (χ4n) is 5.03. The molecule has 0 bridgehead atoms. The van der Waals surface area contributed by atoms with E-state index >= 15 is 0 Å².